The van der Waals surface area contributed by atoms with Crippen LogP contribution in [0.15, 0.2) is 48.5 Å². The van der Waals surface area contributed by atoms with Crippen LogP contribution >= 0.6 is 0 Å². The molecule has 1 aliphatic rings. The van der Waals surface area contributed by atoms with Gasteiger partial charge in [0.25, 0.3) is 0 Å². The molecule has 150 valence electrons. The Bertz CT molecular complexity index is 776. The van der Waals surface area contributed by atoms with Crippen molar-refractivity contribution in [3.8, 4) is 5.75 Å². The number of nitrogens with one attached hydrogen (secondary N) is 1. The minimum Gasteiger partial charge on any atom is -0.497 e. The number of carbonyl (C=O) groups is 1. The zero-order valence-electron chi connectivity index (χ0n) is 17.1. The summed E-state index contributed by atoms with van der Waals surface area (Å²) < 4.78 is 5.18. The predicted octanol–water partition coefficient (Wildman–Crippen LogP) is 3.67. The first kappa shape index (κ1) is 20.2. The summed E-state index contributed by atoms with van der Waals surface area (Å²) in [5, 5.41) is 3.12. The SMILES string of the molecule is CC[C@H](CNC(=O)N(C)Cc1ccc(OC)cc1)N1CCc2ccccc2C1. The molecule has 0 aromatic heterocycles. The maximum Gasteiger partial charge on any atom is 0.317 e. The van der Waals surface area contributed by atoms with Crippen LogP contribution in [0.2, 0.25) is 0 Å². The fourth-order valence-electron chi connectivity index (χ4n) is 3.78. The molecule has 28 heavy (non-hydrogen) atoms. The number of benzene rings is 2. The average Bonchev–Trinajstić information content (AvgIpc) is 2.74. The molecule has 1 heterocycles. The highest BCUT2D eigenvalue weighted by Gasteiger charge is 2.23. The molecule has 1 aliphatic heterocycles. The lowest BCUT2D eigenvalue weighted by molar-refractivity contribution is 0.163. The predicted molar refractivity (Wildman–Crippen MR) is 112 cm³/mol. The number of urea groups is 1. The fourth-order valence-corrected chi connectivity index (χ4v) is 3.78. The molecule has 1 atom stereocenters. The van der Waals surface area contributed by atoms with Gasteiger partial charge < -0.3 is 15.0 Å². The summed E-state index contributed by atoms with van der Waals surface area (Å²) in [6, 6.07) is 16.8. The molecule has 0 spiro atoms. The van der Waals surface area contributed by atoms with Gasteiger partial charge in [0.15, 0.2) is 0 Å². The third-order valence-corrected chi connectivity index (χ3v) is 5.56. The van der Waals surface area contributed by atoms with Crippen LogP contribution in [0.5, 0.6) is 5.75 Å². The first-order valence-electron chi connectivity index (χ1n) is 10.0. The lowest BCUT2D eigenvalue weighted by Gasteiger charge is -2.35. The molecule has 0 fully saturated rings. The number of amides is 2. The van der Waals surface area contributed by atoms with E-state index in [2.05, 4.69) is 41.4 Å². The van der Waals surface area contributed by atoms with E-state index in [0.29, 0.717) is 19.1 Å². The minimum atomic E-state index is -0.0355. The molecule has 0 aliphatic carbocycles. The van der Waals surface area contributed by atoms with Crippen LogP contribution in [0.1, 0.15) is 30.0 Å². The second-order valence-electron chi connectivity index (χ2n) is 7.44. The van der Waals surface area contributed by atoms with Gasteiger partial charge in [0, 0.05) is 39.3 Å². The van der Waals surface area contributed by atoms with Gasteiger partial charge in [-0.1, -0.05) is 43.3 Å². The van der Waals surface area contributed by atoms with Crippen LogP contribution in [0.4, 0.5) is 4.79 Å². The Morgan fingerprint density at radius 1 is 1.18 bits per heavy atom. The van der Waals surface area contributed by atoms with Crippen LogP contribution in [0, 0.1) is 0 Å². The maximum absolute atomic E-state index is 12.5. The standard InChI is InChI=1S/C23H31N3O2/c1-4-21(26-14-13-19-7-5-6-8-20(19)17-26)15-24-23(27)25(2)16-18-9-11-22(28-3)12-10-18/h5-12,21H,4,13-17H2,1-3H3,(H,24,27)/t21-/m1/s1. The number of hydrogen-bond donors (Lipinski definition) is 1. The second-order valence-corrected chi connectivity index (χ2v) is 7.44. The summed E-state index contributed by atoms with van der Waals surface area (Å²) in [4.78, 5) is 16.8. The Morgan fingerprint density at radius 2 is 1.89 bits per heavy atom. The van der Waals surface area contributed by atoms with Crippen molar-refractivity contribution in [2.75, 3.05) is 27.2 Å². The molecular weight excluding hydrogens is 350 g/mol. The van der Waals surface area contributed by atoms with E-state index in [0.717, 1.165) is 37.2 Å². The van der Waals surface area contributed by atoms with E-state index in [9.17, 15) is 4.79 Å². The van der Waals surface area contributed by atoms with E-state index in [-0.39, 0.29) is 6.03 Å². The van der Waals surface area contributed by atoms with Crippen molar-refractivity contribution < 1.29 is 9.53 Å². The van der Waals surface area contributed by atoms with E-state index >= 15 is 0 Å². The van der Waals surface area contributed by atoms with Crippen LogP contribution in [0.25, 0.3) is 0 Å². The van der Waals surface area contributed by atoms with Gasteiger partial charge in [0.05, 0.1) is 7.11 Å². The summed E-state index contributed by atoms with van der Waals surface area (Å²) >= 11 is 0. The Hall–Kier alpha value is -2.53. The third kappa shape index (κ3) is 5.04. The molecule has 1 N–H and O–H groups in total. The normalized spacial score (nSPS) is 14.8. The van der Waals surface area contributed by atoms with E-state index in [4.69, 9.17) is 4.74 Å². The maximum atomic E-state index is 12.5. The molecule has 0 saturated heterocycles. The molecule has 3 rings (SSSR count). The highest BCUT2D eigenvalue weighted by atomic mass is 16.5. The molecule has 0 saturated carbocycles. The van der Waals surface area contributed by atoms with Crippen LogP contribution in [-0.2, 0) is 19.5 Å². The fraction of sp³-hybridized carbons (Fsp3) is 0.435. The van der Waals surface area contributed by atoms with Crippen molar-refractivity contribution in [1.29, 1.82) is 0 Å². The molecule has 5 nitrogen and oxygen atoms in total. The van der Waals surface area contributed by atoms with Gasteiger partial charge >= 0.3 is 6.03 Å². The van der Waals surface area contributed by atoms with Crippen molar-refractivity contribution in [2.45, 2.75) is 38.9 Å². The lowest BCUT2D eigenvalue weighted by atomic mass is 9.98. The van der Waals surface area contributed by atoms with Gasteiger partial charge in [-0.3, -0.25) is 4.90 Å². The van der Waals surface area contributed by atoms with Gasteiger partial charge in [-0.2, -0.15) is 0 Å². The van der Waals surface area contributed by atoms with Gasteiger partial charge in [-0.25, -0.2) is 4.79 Å². The zero-order chi connectivity index (χ0) is 19.9. The third-order valence-electron chi connectivity index (χ3n) is 5.56. The Kier molecular flexibility index (Phi) is 6.93. The van der Waals surface area contributed by atoms with Crippen molar-refractivity contribution in [3.05, 3.63) is 65.2 Å². The second kappa shape index (κ2) is 9.60. The van der Waals surface area contributed by atoms with Crippen molar-refractivity contribution >= 4 is 6.03 Å². The highest BCUT2D eigenvalue weighted by molar-refractivity contribution is 5.73. The summed E-state index contributed by atoms with van der Waals surface area (Å²) in [6.45, 7) is 5.45. The van der Waals surface area contributed by atoms with Crippen LogP contribution in [0.3, 0.4) is 0 Å². The van der Waals surface area contributed by atoms with E-state index in [1.165, 1.54) is 11.1 Å². The Morgan fingerprint density at radius 3 is 2.57 bits per heavy atom. The molecule has 0 radical (unpaired) electrons. The summed E-state index contributed by atoms with van der Waals surface area (Å²) in [5.41, 5.74) is 3.95. The molecule has 0 unspecified atom stereocenters. The number of fused-ring (bicyclic) bond motifs is 1. The van der Waals surface area contributed by atoms with Crippen molar-refractivity contribution in [2.24, 2.45) is 0 Å². The highest BCUT2D eigenvalue weighted by Crippen LogP contribution is 2.21. The van der Waals surface area contributed by atoms with E-state index in [1.54, 1.807) is 12.0 Å². The smallest absolute Gasteiger partial charge is 0.317 e. The number of rotatable bonds is 7. The number of hydrogen-bond acceptors (Lipinski definition) is 3. The zero-order valence-corrected chi connectivity index (χ0v) is 17.1. The lowest BCUT2D eigenvalue weighted by Crippen LogP contribution is -2.48. The molecule has 5 heteroatoms. The van der Waals surface area contributed by atoms with E-state index < -0.39 is 0 Å². The Balaban J connectivity index is 1.50. The van der Waals surface area contributed by atoms with Crippen LogP contribution in [-0.4, -0.2) is 49.1 Å². The van der Waals surface area contributed by atoms with E-state index in [1.807, 2.05) is 31.3 Å². The largest absolute Gasteiger partial charge is 0.497 e. The van der Waals surface area contributed by atoms with Gasteiger partial charge in [0.2, 0.25) is 0 Å². The quantitative estimate of drug-likeness (QED) is 0.796. The first-order valence-corrected chi connectivity index (χ1v) is 10.0. The molecule has 2 aromatic carbocycles. The van der Waals surface area contributed by atoms with Gasteiger partial charge in [-0.15, -0.1) is 0 Å². The first-order chi connectivity index (χ1) is 13.6. The number of nitrogens with zero attached hydrogens (tertiary/aromatic N) is 2. The average molecular weight is 382 g/mol. The molecule has 2 amide bonds. The van der Waals surface area contributed by atoms with Gasteiger partial charge in [-0.05, 0) is 41.7 Å². The molecular formula is C23H31N3O2. The number of methoxy groups -OCH3 is 1. The van der Waals surface area contributed by atoms with Crippen molar-refractivity contribution in [1.82, 2.24) is 15.1 Å². The topological polar surface area (TPSA) is 44.8 Å². The summed E-state index contributed by atoms with van der Waals surface area (Å²) in [6.07, 6.45) is 2.10. The summed E-state index contributed by atoms with van der Waals surface area (Å²) in [5.74, 6) is 0.824. The van der Waals surface area contributed by atoms with Gasteiger partial charge in [0.1, 0.15) is 5.75 Å². The van der Waals surface area contributed by atoms with Crippen molar-refractivity contribution in [3.63, 3.8) is 0 Å². The van der Waals surface area contributed by atoms with Crippen LogP contribution < -0.4 is 10.1 Å². The number of carbonyl (C=O) groups excluding carboxylic acids is 1. The monoisotopic (exact) mass is 381 g/mol. The summed E-state index contributed by atoms with van der Waals surface area (Å²) in [7, 11) is 3.48. The molecule has 0 bridgehead atoms. The Labute approximate surface area is 168 Å². The molecule has 2 aromatic rings. The minimum absolute atomic E-state index is 0.0355. The number of ether oxygens (including phenoxy) is 1.